The first kappa shape index (κ1) is 14.3. The van der Waals surface area contributed by atoms with Gasteiger partial charge >= 0.3 is 0 Å². The molecular formula is C14H20N2O2. The number of nitrogen functional groups attached to an aromatic ring is 1. The van der Waals surface area contributed by atoms with E-state index in [2.05, 4.69) is 11.9 Å². The molecule has 0 saturated heterocycles. The number of anilines is 1. The molecule has 0 aromatic heterocycles. The monoisotopic (exact) mass is 248 g/mol. The van der Waals surface area contributed by atoms with E-state index < -0.39 is 0 Å². The topological polar surface area (TPSA) is 64.3 Å². The van der Waals surface area contributed by atoms with Gasteiger partial charge in [0.25, 0.3) is 0 Å². The predicted octanol–water partition coefficient (Wildman–Crippen LogP) is 1.52. The zero-order valence-electron chi connectivity index (χ0n) is 10.5. The van der Waals surface area contributed by atoms with Crippen LogP contribution < -0.4 is 11.1 Å². The standard InChI is InChI=1S/C14H20N2O2/c1-2-3-9-18-10-8-16-14(17)11-12-6-4-5-7-13(12)15/h2,4-7H,1,3,8-11,15H2,(H,16,17). The van der Waals surface area contributed by atoms with E-state index in [9.17, 15) is 4.79 Å². The van der Waals surface area contributed by atoms with Gasteiger partial charge < -0.3 is 15.8 Å². The first-order valence-corrected chi connectivity index (χ1v) is 6.02. The molecule has 4 heteroatoms. The number of rotatable bonds is 8. The number of nitrogens with two attached hydrogens (primary N) is 1. The first-order chi connectivity index (χ1) is 8.74. The van der Waals surface area contributed by atoms with Crippen LogP contribution in [0.1, 0.15) is 12.0 Å². The van der Waals surface area contributed by atoms with Crippen LogP contribution in [0.3, 0.4) is 0 Å². The summed E-state index contributed by atoms with van der Waals surface area (Å²) in [5, 5.41) is 2.79. The summed E-state index contributed by atoms with van der Waals surface area (Å²) in [6.07, 6.45) is 2.94. The summed E-state index contributed by atoms with van der Waals surface area (Å²) in [7, 11) is 0. The Balaban J connectivity index is 2.18. The fourth-order valence-corrected chi connectivity index (χ4v) is 1.46. The summed E-state index contributed by atoms with van der Waals surface area (Å²) in [5.41, 5.74) is 7.26. The predicted molar refractivity (Wildman–Crippen MR) is 73.2 cm³/mol. The van der Waals surface area contributed by atoms with E-state index in [-0.39, 0.29) is 5.91 Å². The van der Waals surface area contributed by atoms with Gasteiger partial charge in [-0.05, 0) is 18.1 Å². The lowest BCUT2D eigenvalue weighted by Crippen LogP contribution is -2.29. The minimum Gasteiger partial charge on any atom is -0.398 e. The molecule has 98 valence electrons. The summed E-state index contributed by atoms with van der Waals surface area (Å²) in [4.78, 5) is 11.6. The summed E-state index contributed by atoms with van der Waals surface area (Å²) in [6, 6.07) is 7.37. The molecule has 1 aromatic carbocycles. The van der Waals surface area contributed by atoms with Gasteiger partial charge in [0.15, 0.2) is 0 Å². The lowest BCUT2D eigenvalue weighted by atomic mass is 10.1. The smallest absolute Gasteiger partial charge is 0.224 e. The molecule has 0 unspecified atom stereocenters. The van der Waals surface area contributed by atoms with E-state index >= 15 is 0 Å². The molecule has 0 bridgehead atoms. The number of carbonyl (C=O) groups is 1. The van der Waals surface area contributed by atoms with Gasteiger partial charge in [-0.1, -0.05) is 24.3 Å². The van der Waals surface area contributed by atoms with E-state index in [0.717, 1.165) is 12.0 Å². The Hall–Kier alpha value is -1.81. The molecule has 0 aliphatic carbocycles. The van der Waals surface area contributed by atoms with Crippen molar-refractivity contribution in [2.75, 3.05) is 25.5 Å². The van der Waals surface area contributed by atoms with Gasteiger partial charge in [0.2, 0.25) is 5.91 Å². The molecular weight excluding hydrogens is 228 g/mol. The van der Waals surface area contributed by atoms with Crippen LogP contribution in [0.4, 0.5) is 5.69 Å². The number of benzene rings is 1. The molecule has 4 nitrogen and oxygen atoms in total. The number of hydrogen-bond donors (Lipinski definition) is 2. The highest BCUT2D eigenvalue weighted by molar-refractivity contribution is 5.80. The highest BCUT2D eigenvalue weighted by atomic mass is 16.5. The number of para-hydroxylation sites is 1. The van der Waals surface area contributed by atoms with Crippen molar-refractivity contribution in [1.29, 1.82) is 0 Å². The maximum absolute atomic E-state index is 11.6. The summed E-state index contributed by atoms with van der Waals surface area (Å²) < 4.78 is 5.29. The van der Waals surface area contributed by atoms with Gasteiger partial charge in [0.1, 0.15) is 0 Å². The molecule has 1 aromatic rings. The van der Waals surface area contributed by atoms with E-state index in [4.69, 9.17) is 10.5 Å². The van der Waals surface area contributed by atoms with Gasteiger partial charge in [0.05, 0.1) is 19.6 Å². The second kappa shape index (κ2) is 8.31. The Morgan fingerprint density at radius 2 is 2.17 bits per heavy atom. The van der Waals surface area contributed by atoms with Crippen molar-refractivity contribution in [1.82, 2.24) is 5.32 Å². The molecule has 0 fully saturated rings. The second-order valence-electron chi connectivity index (χ2n) is 3.92. The van der Waals surface area contributed by atoms with Crippen LogP contribution in [0.25, 0.3) is 0 Å². The van der Waals surface area contributed by atoms with Crippen molar-refractivity contribution in [3.8, 4) is 0 Å². The number of nitrogens with one attached hydrogen (secondary N) is 1. The molecule has 18 heavy (non-hydrogen) atoms. The molecule has 0 atom stereocenters. The second-order valence-corrected chi connectivity index (χ2v) is 3.92. The Morgan fingerprint density at radius 1 is 1.39 bits per heavy atom. The van der Waals surface area contributed by atoms with Crippen molar-refractivity contribution in [3.05, 3.63) is 42.5 Å². The Kier molecular flexibility index (Phi) is 6.58. The minimum atomic E-state index is -0.0415. The molecule has 0 aliphatic heterocycles. The zero-order valence-corrected chi connectivity index (χ0v) is 10.5. The van der Waals surface area contributed by atoms with E-state index in [1.807, 2.05) is 18.2 Å². The van der Waals surface area contributed by atoms with E-state index in [1.54, 1.807) is 12.1 Å². The average molecular weight is 248 g/mol. The van der Waals surface area contributed by atoms with Gasteiger partial charge in [-0.3, -0.25) is 4.79 Å². The molecule has 3 N–H and O–H groups in total. The van der Waals surface area contributed by atoms with E-state index in [1.165, 1.54) is 0 Å². The van der Waals surface area contributed by atoms with Crippen LogP contribution in [0.15, 0.2) is 36.9 Å². The quantitative estimate of drug-likeness (QED) is 0.416. The third kappa shape index (κ3) is 5.50. The number of carbonyl (C=O) groups excluding carboxylic acids is 1. The summed E-state index contributed by atoms with van der Waals surface area (Å²) in [5.74, 6) is -0.0415. The molecule has 1 rings (SSSR count). The third-order valence-corrected chi connectivity index (χ3v) is 2.44. The summed E-state index contributed by atoms with van der Waals surface area (Å²) in [6.45, 7) is 5.28. The molecule has 1 amide bonds. The number of hydrogen-bond acceptors (Lipinski definition) is 3. The van der Waals surface area contributed by atoms with E-state index in [0.29, 0.717) is 31.9 Å². The highest BCUT2D eigenvalue weighted by Gasteiger charge is 2.04. The van der Waals surface area contributed by atoms with Gasteiger partial charge in [-0.25, -0.2) is 0 Å². The van der Waals surface area contributed by atoms with Gasteiger partial charge in [-0.15, -0.1) is 6.58 Å². The molecule has 0 aliphatic rings. The Bertz CT molecular complexity index is 391. The van der Waals surface area contributed by atoms with Crippen LogP contribution in [-0.2, 0) is 16.0 Å². The maximum atomic E-state index is 11.6. The lowest BCUT2D eigenvalue weighted by molar-refractivity contribution is -0.120. The minimum absolute atomic E-state index is 0.0415. The lowest BCUT2D eigenvalue weighted by Gasteiger charge is -2.07. The largest absolute Gasteiger partial charge is 0.398 e. The van der Waals surface area contributed by atoms with Gasteiger partial charge in [-0.2, -0.15) is 0 Å². The van der Waals surface area contributed by atoms with Gasteiger partial charge in [0, 0.05) is 12.2 Å². The Morgan fingerprint density at radius 3 is 2.89 bits per heavy atom. The molecule has 0 radical (unpaired) electrons. The zero-order chi connectivity index (χ0) is 13.2. The molecule has 0 saturated carbocycles. The van der Waals surface area contributed by atoms with Crippen LogP contribution >= 0.6 is 0 Å². The summed E-state index contributed by atoms with van der Waals surface area (Å²) >= 11 is 0. The first-order valence-electron chi connectivity index (χ1n) is 6.02. The maximum Gasteiger partial charge on any atom is 0.224 e. The van der Waals surface area contributed by atoms with Crippen LogP contribution in [0.5, 0.6) is 0 Å². The molecule has 0 heterocycles. The third-order valence-electron chi connectivity index (χ3n) is 2.44. The highest BCUT2D eigenvalue weighted by Crippen LogP contribution is 2.10. The fraction of sp³-hybridized carbons (Fsp3) is 0.357. The fourth-order valence-electron chi connectivity index (χ4n) is 1.46. The SMILES string of the molecule is C=CCCOCCNC(=O)Cc1ccccc1N. The Labute approximate surface area is 108 Å². The van der Waals surface area contributed by atoms with Crippen LogP contribution in [0, 0.1) is 0 Å². The van der Waals surface area contributed by atoms with Crippen molar-refractivity contribution < 1.29 is 9.53 Å². The van der Waals surface area contributed by atoms with Crippen molar-refractivity contribution in [3.63, 3.8) is 0 Å². The number of ether oxygens (including phenoxy) is 1. The van der Waals surface area contributed by atoms with Crippen molar-refractivity contribution >= 4 is 11.6 Å². The van der Waals surface area contributed by atoms with Crippen LogP contribution in [-0.4, -0.2) is 25.7 Å². The number of amides is 1. The van der Waals surface area contributed by atoms with Crippen molar-refractivity contribution in [2.24, 2.45) is 0 Å². The normalized spacial score (nSPS) is 10.0. The van der Waals surface area contributed by atoms with Crippen molar-refractivity contribution in [2.45, 2.75) is 12.8 Å². The average Bonchev–Trinajstić information content (AvgIpc) is 2.36. The molecule has 0 spiro atoms. The van der Waals surface area contributed by atoms with Crippen LogP contribution in [0.2, 0.25) is 0 Å².